The van der Waals surface area contributed by atoms with Gasteiger partial charge in [-0.15, -0.1) is 11.3 Å². The number of ether oxygens (including phenoxy) is 1. The second-order valence-corrected chi connectivity index (χ2v) is 7.98. The van der Waals surface area contributed by atoms with E-state index in [0.29, 0.717) is 24.6 Å². The van der Waals surface area contributed by atoms with Gasteiger partial charge in [0.2, 0.25) is 5.91 Å². The molecule has 6 nitrogen and oxygen atoms in total. The molecule has 2 heterocycles. The first-order chi connectivity index (χ1) is 15.2. The van der Waals surface area contributed by atoms with Crippen LogP contribution in [0, 0.1) is 6.92 Å². The summed E-state index contributed by atoms with van der Waals surface area (Å²) in [4.78, 5) is 16.8. The highest BCUT2D eigenvalue weighted by Crippen LogP contribution is 2.21. The molecule has 1 amide bonds. The average Bonchev–Trinajstić information content (AvgIpc) is 3.40. The van der Waals surface area contributed by atoms with Gasteiger partial charge in [0.05, 0.1) is 29.1 Å². The van der Waals surface area contributed by atoms with Crippen LogP contribution < -0.4 is 10.1 Å². The number of thiazole rings is 1. The molecule has 0 aliphatic heterocycles. The van der Waals surface area contributed by atoms with Crippen LogP contribution in [0.4, 0.5) is 5.69 Å². The number of nitrogens with one attached hydrogen (secondary N) is 1. The number of nitrogens with zero attached hydrogens (tertiary/aromatic N) is 3. The first-order valence-electron chi connectivity index (χ1n) is 9.84. The Balaban J connectivity index is 1.35. The van der Waals surface area contributed by atoms with Crippen molar-refractivity contribution in [1.29, 1.82) is 0 Å². The molecule has 31 heavy (non-hydrogen) atoms. The number of aromatic nitrogens is 3. The lowest BCUT2D eigenvalue weighted by molar-refractivity contribution is -0.111. The first-order valence-corrected chi connectivity index (χ1v) is 10.7. The van der Waals surface area contributed by atoms with Gasteiger partial charge in [0.25, 0.3) is 0 Å². The summed E-state index contributed by atoms with van der Waals surface area (Å²) in [6, 6.07) is 17.6. The number of para-hydroxylation sites is 1. The van der Waals surface area contributed by atoms with Crippen molar-refractivity contribution >= 4 is 29.0 Å². The Hall–Kier alpha value is -3.71. The van der Waals surface area contributed by atoms with E-state index < -0.39 is 0 Å². The molecule has 0 fully saturated rings. The van der Waals surface area contributed by atoms with Gasteiger partial charge >= 0.3 is 0 Å². The zero-order chi connectivity index (χ0) is 21.5. The van der Waals surface area contributed by atoms with Crippen molar-refractivity contribution in [1.82, 2.24) is 14.8 Å². The van der Waals surface area contributed by atoms with Crippen molar-refractivity contribution in [2.75, 3.05) is 5.32 Å². The molecular weight excluding hydrogens is 408 g/mol. The fraction of sp³-hybridized carbons (Fsp3) is 0.125. The number of amides is 1. The van der Waals surface area contributed by atoms with E-state index in [2.05, 4.69) is 15.4 Å². The molecule has 0 atom stereocenters. The highest BCUT2D eigenvalue weighted by Gasteiger charge is 2.05. The van der Waals surface area contributed by atoms with Crippen molar-refractivity contribution in [2.24, 2.45) is 0 Å². The summed E-state index contributed by atoms with van der Waals surface area (Å²) < 4.78 is 7.68. The number of carbonyl (C=O) groups is 1. The summed E-state index contributed by atoms with van der Waals surface area (Å²) in [7, 11) is 0. The van der Waals surface area contributed by atoms with Crippen LogP contribution in [-0.2, 0) is 17.9 Å². The predicted molar refractivity (Wildman–Crippen MR) is 123 cm³/mol. The fourth-order valence-corrected chi connectivity index (χ4v) is 3.61. The number of anilines is 1. The summed E-state index contributed by atoms with van der Waals surface area (Å²) in [5.74, 6) is 0.470. The van der Waals surface area contributed by atoms with Gasteiger partial charge < -0.3 is 10.1 Å². The van der Waals surface area contributed by atoms with Crippen LogP contribution in [0.1, 0.15) is 21.8 Å². The maximum Gasteiger partial charge on any atom is 0.248 e. The maximum absolute atomic E-state index is 12.4. The van der Waals surface area contributed by atoms with Crippen LogP contribution in [-0.4, -0.2) is 20.7 Å². The molecule has 4 rings (SSSR count). The lowest BCUT2D eigenvalue weighted by Gasteiger charge is -2.07. The first kappa shape index (κ1) is 20.6. The Morgan fingerprint density at radius 2 is 1.97 bits per heavy atom. The normalized spacial score (nSPS) is 11.0. The molecule has 0 spiro atoms. The van der Waals surface area contributed by atoms with Gasteiger partial charge in [0, 0.05) is 23.2 Å². The Bertz CT molecular complexity index is 1180. The van der Waals surface area contributed by atoms with E-state index in [1.54, 1.807) is 28.3 Å². The molecule has 0 aliphatic carbocycles. The molecule has 156 valence electrons. The summed E-state index contributed by atoms with van der Waals surface area (Å²) in [6.45, 7) is 3.01. The van der Waals surface area contributed by atoms with E-state index >= 15 is 0 Å². The Kier molecular flexibility index (Phi) is 6.54. The van der Waals surface area contributed by atoms with E-state index in [1.807, 2.05) is 73.1 Å². The third-order valence-electron chi connectivity index (χ3n) is 4.46. The number of hydrogen-bond acceptors (Lipinski definition) is 5. The zero-order valence-corrected chi connectivity index (χ0v) is 17.9. The van der Waals surface area contributed by atoms with Crippen LogP contribution in [0.25, 0.3) is 6.08 Å². The van der Waals surface area contributed by atoms with Crippen LogP contribution in [0.2, 0.25) is 0 Å². The molecule has 0 aliphatic rings. The number of benzene rings is 2. The minimum atomic E-state index is -0.232. The SMILES string of the molecule is Cc1nc(COc2ccccc2C=CC(=O)Nc2cnn(Cc3ccccc3)c2)cs1. The van der Waals surface area contributed by atoms with Crippen LogP contribution in [0.15, 0.2) is 78.4 Å². The van der Waals surface area contributed by atoms with E-state index in [9.17, 15) is 4.79 Å². The van der Waals surface area contributed by atoms with Gasteiger partial charge in [0.15, 0.2) is 0 Å². The lowest BCUT2D eigenvalue weighted by atomic mass is 10.2. The van der Waals surface area contributed by atoms with Crippen molar-refractivity contribution in [2.45, 2.75) is 20.1 Å². The number of carbonyl (C=O) groups excluding carboxylic acids is 1. The zero-order valence-electron chi connectivity index (χ0n) is 17.1. The molecule has 4 aromatic rings. The Labute approximate surface area is 184 Å². The van der Waals surface area contributed by atoms with E-state index in [-0.39, 0.29) is 5.91 Å². The molecule has 1 N–H and O–H groups in total. The van der Waals surface area contributed by atoms with Crippen LogP contribution >= 0.6 is 11.3 Å². The number of aryl methyl sites for hydroxylation is 1. The second-order valence-electron chi connectivity index (χ2n) is 6.92. The molecule has 2 aromatic heterocycles. The standard InChI is InChI=1S/C24H22N4O2S/c1-18-26-22(17-31-18)16-30-23-10-6-5-9-20(23)11-12-24(29)27-21-13-25-28(15-21)14-19-7-3-2-4-8-19/h2-13,15,17H,14,16H2,1H3,(H,27,29). The van der Waals surface area contributed by atoms with E-state index in [0.717, 1.165) is 21.8 Å². The van der Waals surface area contributed by atoms with Crippen LogP contribution in [0.3, 0.4) is 0 Å². The van der Waals surface area contributed by atoms with Crippen molar-refractivity contribution < 1.29 is 9.53 Å². The summed E-state index contributed by atoms with van der Waals surface area (Å²) >= 11 is 1.60. The summed E-state index contributed by atoms with van der Waals surface area (Å²) in [5.41, 5.74) is 3.51. The topological polar surface area (TPSA) is 69.0 Å². The predicted octanol–water partition coefficient (Wildman–Crippen LogP) is 4.93. The van der Waals surface area contributed by atoms with Gasteiger partial charge in [-0.2, -0.15) is 5.10 Å². The van der Waals surface area contributed by atoms with E-state index in [4.69, 9.17) is 4.74 Å². The second kappa shape index (κ2) is 9.86. The Morgan fingerprint density at radius 3 is 2.77 bits per heavy atom. The molecular formula is C24H22N4O2S. The molecule has 0 radical (unpaired) electrons. The minimum absolute atomic E-state index is 0.232. The van der Waals surface area contributed by atoms with Crippen molar-refractivity contribution in [3.8, 4) is 5.75 Å². The quantitative estimate of drug-likeness (QED) is 0.403. The van der Waals surface area contributed by atoms with Gasteiger partial charge in [-0.05, 0) is 24.6 Å². The largest absolute Gasteiger partial charge is 0.487 e. The summed E-state index contributed by atoms with van der Waals surface area (Å²) in [6.07, 6.45) is 6.68. The van der Waals surface area contributed by atoms with Crippen LogP contribution in [0.5, 0.6) is 5.75 Å². The Morgan fingerprint density at radius 1 is 1.16 bits per heavy atom. The number of rotatable bonds is 8. The highest BCUT2D eigenvalue weighted by atomic mass is 32.1. The third-order valence-corrected chi connectivity index (χ3v) is 5.29. The molecule has 7 heteroatoms. The summed E-state index contributed by atoms with van der Waals surface area (Å²) in [5, 5.41) is 10.1. The fourth-order valence-electron chi connectivity index (χ4n) is 3.01. The van der Waals surface area contributed by atoms with Gasteiger partial charge in [-0.25, -0.2) is 4.98 Å². The van der Waals surface area contributed by atoms with Gasteiger partial charge in [-0.1, -0.05) is 48.5 Å². The lowest BCUT2D eigenvalue weighted by Crippen LogP contribution is -2.07. The minimum Gasteiger partial charge on any atom is -0.487 e. The van der Waals surface area contributed by atoms with Gasteiger partial charge in [0.1, 0.15) is 12.4 Å². The van der Waals surface area contributed by atoms with Gasteiger partial charge in [-0.3, -0.25) is 9.48 Å². The highest BCUT2D eigenvalue weighted by molar-refractivity contribution is 7.09. The average molecular weight is 431 g/mol. The van der Waals surface area contributed by atoms with Crippen molar-refractivity contribution in [3.63, 3.8) is 0 Å². The molecule has 0 saturated carbocycles. The van der Waals surface area contributed by atoms with E-state index in [1.165, 1.54) is 6.08 Å². The third kappa shape index (κ3) is 5.90. The maximum atomic E-state index is 12.4. The monoisotopic (exact) mass is 430 g/mol. The molecule has 0 unspecified atom stereocenters. The molecule has 2 aromatic carbocycles. The number of hydrogen-bond donors (Lipinski definition) is 1. The molecule has 0 bridgehead atoms. The smallest absolute Gasteiger partial charge is 0.248 e. The molecule has 0 saturated heterocycles. The van der Waals surface area contributed by atoms with Crippen molar-refractivity contribution in [3.05, 3.63) is 100 Å².